The number of carbonyl (C=O) groups excluding carboxylic acids is 4. The first-order chi connectivity index (χ1) is 16.9. The smallest absolute Gasteiger partial charge is 0.233 e. The number of carbonyl (C=O) groups is 4. The van der Waals surface area contributed by atoms with Gasteiger partial charge < -0.3 is 9.84 Å². The van der Waals surface area contributed by atoms with Crippen LogP contribution in [0, 0.1) is 17.8 Å². The molecular formula is C28H29NO6. The van der Waals surface area contributed by atoms with Crippen molar-refractivity contribution in [2.75, 3.05) is 19.8 Å². The second-order valence-corrected chi connectivity index (χ2v) is 9.70. The van der Waals surface area contributed by atoms with Gasteiger partial charge in [-0.2, -0.15) is 0 Å². The number of Topliss-reactive ketones (excluding diaryl/α,β-unsaturated/α-hetero) is 1. The maximum absolute atomic E-state index is 13.4. The number of fused-ring (bicyclic) bond motifs is 3. The zero-order chi connectivity index (χ0) is 24.9. The Morgan fingerprint density at radius 2 is 1.80 bits per heavy atom. The molecule has 182 valence electrons. The van der Waals surface area contributed by atoms with E-state index in [1.165, 1.54) is 11.0 Å². The van der Waals surface area contributed by atoms with Crippen LogP contribution < -0.4 is 4.74 Å². The molecule has 1 aromatic carbocycles. The summed E-state index contributed by atoms with van der Waals surface area (Å²) in [4.78, 5) is 54.3. The average Bonchev–Trinajstić information content (AvgIpc) is 3.10. The number of hydrogen-bond acceptors (Lipinski definition) is 6. The molecule has 0 bridgehead atoms. The van der Waals surface area contributed by atoms with E-state index in [1.54, 1.807) is 19.1 Å². The Balaban J connectivity index is 1.60. The van der Waals surface area contributed by atoms with Crippen LogP contribution in [0.5, 0.6) is 5.75 Å². The van der Waals surface area contributed by atoms with Gasteiger partial charge in [0.05, 0.1) is 18.4 Å². The molecule has 7 heteroatoms. The normalized spacial score (nSPS) is 27.9. The van der Waals surface area contributed by atoms with Crippen molar-refractivity contribution in [3.63, 3.8) is 0 Å². The largest absolute Gasteiger partial charge is 0.491 e. The Morgan fingerprint density at radius 1 is 1.06 bits per heavy atom. The molecule has 4 atom stereocenters. The van der Waals surface area contributed by atoms with Gasteiger partial charge in [-0.15, -0.1) is 0 Å². The molecule has 2 amide bonds. The van der Waals surface area contributed by atoms with Crippen LogP contribution in [0.15, 0.2) is 58.7 Å². The van der Waals surface area contributed by atoms with E-state index in [4.69, 9.17) is 9.84 Å². The topological polar surface area (TPSA) is 101 Å². The van der Waals surface area contributed by atoms with Crippen molar-refractivity contribution >= 4 is 23.4 Å². The number of allylic oxidation sites excluding steroid dienone is 6. The highest BCUT2D eigenvalue weighted by molar-refractivity contribution is 6.23. The lowest BCUT2D eigenvalue weighted by atomic mass is 9.59. The van der Waals surface area contributed by atoms with Gasteiger partial charge in [-0.05, 0) is 55.9 Å². The molecule has 4 aliphatic rings. The molecule has 1 N–H and O–H groups in total. The first kappa shape index (κ1) is 23.4. The van der Waals surface area contributed by atoms with E-state index < -0.39 is 17.8 Å². The van der Waals surface area contributed by atoms with Crippen LogP contribution in [0.4, 0.5) is 0 Å². The van der Waals surface area contributed by atoms with Crippen molar-refractivity contribution in [1.29, 1.82) is 0 Å². The average molecular weight is 476 g/mol. The van der Waals surface area contributed by atoms with Crippen molar-refractivity contribution in [2.45, 2.75) is 39.0 Å². The van der Waals surface area contributed by atoms with Gasteiger partial charge in [0.2, 0.25) is 11.8 Å². The fourth-order valence-electron chi connectivity index (χ4n) is 6.19. The zero-order valence-corrected chi connectivity index (χ0v) is 20.0. The van der Waals surface area contributed by atoms with Crippen molar-refractivity contribution in [3.05, 3.63) is 64.3 Å². The van der Waals surface area contributed by atoms with Crippen LogP contribution in [0.3, 0.4) is 0 Å². The number of aliphatic hydroxyl groups is 1. The molecule has 3 aliphatic carbocycles. The molecule has 1 saturated heterocycles. The van der Waals surface area contributed by atoms with Crippen LogP contribution >= 0.6 is 0 Å². The summed E-state index contributed by atoms with van der Waals surface area (Å²) < 4.78 is 5.49. The molecule has 0 radical (unpaired) electrons. The van der Waals surface area contributed by atoms with Crippen LogP contribution in [-0.2, 0) is 19.2 Å². The lowest BCUT2D eigenvalue weighted by Gasteiger charge is -2.42. The standard InChI is InChI=1S/C28H29NO6/c1-3-10-29-27(33)19-9-8-18-20(24(19)28(29)34)14-21-25(22(31)13-15(2)26(21)32)23(18)16-4-6-17(7-5-16)35-12-11-30/h4-8,13,19-20,23-24,30H,3,9-12,14H2,1-2H3. The Bertz CT molecular complexity index is 1200. The molecule has 1 aromatic rings. The summed E-state index contributed by atoms with van der Waals surface area (Å²) in [7, 11) is 0. The van der Waals surface area contributed by atoms with E-state index in [0.29, 0.717) is 48.3 Å². The molecule has 1 heterocycles. The number of imide groups is 1. The Hall–Kier alpha value is -3.32. The van der Waals surface area contributed by atoms with E-state index >= 15 is 0 Å². The maximum atomic E-state index is 13.4. The van der Waals surface area contributed by atoms with Gasteiger partial charge >= 0.3 is 0 Å². The second kappa shape index (κ2) is 9.04. The van der Waals surface area contributed by atoms with Crippen molar-refractivity contribution < 1.29 is 29.0 Å². The number of amides is 2. The molecule has 7 nitrogen and oxygen atoms in total. The minimum Gasteiger partial charge on any atom is -0.491 e. The van der Waals surface area contributed by atoms with Gasteiger partial charge in [-0.3, -0.25) is 24.1 Å². The van der Waals surface area contributed by atoms with E-state index in [2.05, 4.69) is 0 Å². The van der Waals surface area contributed by atoms with E-state index in [0.717, 1.165) is 11.1 Å². The molecule has 1 fully saturated rings. The SMILES string of the molecule is CCCN1C(=O)C2CC=C3C(c4ccc(OCCO)cc4)C4=C(CC3C2C1=O)C(=O)C(C)=CC4=O. The first-order valence-corrected chi connectivity index (χ1v) is 12.3. The fourth-order valence-corrected chi connectivity index (χ4v) is 6.19. The fraction of sp³-hybridized carbons (Fsp3) is 0.429. The zero-order valence-electron chi connectivity index (χ0n) is 20.0. The van der Waals surface area contributed by atoms with Crippen LogP contribution in [0.2, 0.25) is 0 Å². The summed E-state index contributed by atoms with van der Waals surface area (Å²) in [6.45, 7) is 4.07. The molecule has 5 rings (SSSR count). The lowest BCUT2D eigenvalue weighted by molar-refractivity contribution is -0.140. The van der Waals surface area contributed by atoms with E-state index in [-0.39, 0.29) is 42.5 Å². The van der Waals surface area contributed by atoms with Crippen LogP contribution in [-0.4, -0.2) is 53.1 Å². The number of ketones is 2. The van der Waals surface area contributed by atoms with Gasteiger partial charge in [0.1, 0.15) is 12.4 Å². The van der Waals surface area contributed by atoms with Gasteiger partial charge in [0.25, 0.3) is 0 Å². The summed E-state index contributed by atoms with van der Waals surface area (Å²) in [5.74, 6) is -1.70. The Labute approximate surface area is 204 Å². The Morgan fingerprint density at radius 3 is 2.49 bits per heavy atom. The summed E-state index contributed by atoms with van der Waals surface area (Å²) in [6, 6.07) is 7.30. The number of hydrogen-bond donors (Lipinski definition) is 1. The van der Waals surface area contributed by atoms with Crippen molar-refractivity contribution in [2.24, 2.45) is 17.8 Å². The predicted molar refractivity (Wildman–Crippen MR) is 127 cm³/mol. The lowest BCUT2D eigenvalue weighted by Crippen LogP contribution is -2.39. The maximum Gasteiger partial charge on any atom is 0.233 e. The van der Waals surface area contributed by atoms with Crippen molar-refractivity contribution in [1.82, 2.24) is 4.90 Å². The molecule has 0 saturated carbocycles. The van der Waals surface area contributed by atoms with Gasteiger partial charge in [-0.1, -0.05) is 30.7 Å². The molecule has 0 spiro atoms. The predicted octanol–water partition coefficient (Wildman–Crippen LogP) is 2.90. The summed E-state index contributed by atoms with van der Waals surface area (Å²) in [6.07, 6.45) is 4.88. The highest BCUT2D eigenvalue weighted by Crippen LogP contribution is 2.55. The third-order valence-corrected chi connectivity index (χ3v) is 7.67. The molecule has 0 aromatic heterocycles. The third-order valence-electron chi connectivity index (χ3n) is 7.67. The number of aliphatic hydroxyl groups excluding tert-OH is 1. The number of ether oxygens (including phenoxy) is 1. The molecule has 4 unspecified atom stereocenters. The Kier molecular flexibility index (Phi) is 6.05. The van der Waals surface area contributed by atoms with Gasteiger partial charge in [0.15, 0.2) is 11.6 Å². The third kappa shape index (κ3) is 3.69. The van der Waals surface area contributed by atoms with Gasteiger partial charge in [-0.25, -0.2) is 0 Å². The monoisotopic (exact) mass is 475 g/mol. The number of likely N-dealkylation sites (tertiary alicyclic amines) is 1. The molecule has 35 heavy (non-hydrogen) atoms. The summed E-state index contributed by atoms with van der Waals surface area (Å²) in [5, 5.41) is 9.02. The number of rotatable bonds is 6. The quantitative estimate of drug-likeness (QED) is 0.386. The van der Waals surface area contributed by atoms with E-state index in [1.807, 2.05) is 25.1 Å². The highest BCUT2D eigenvalue weighted by atomic mass is 16.5. The minimum absolute atomic E-state index is 0.0954. The summed E-state index contributed by atoms with van der Waals surface area (Å²) >= 11 is 0. The molecular weight excluding hydrogens is 446 g/mol. The van der Waals surface area contributed by atoms with Crippen molar-refractivity contribution in [3.8, 4) is 5.75 Å². The van der Waals surface area contributed by atoms with E-state index in [9.17, 15) is 19.2 Å². The second-order valence-electron chi connectivity index (χ2n) is 9.70. The molecule has 1 aliphatic heterocycles. The van der Waals surface area contributed by atoms with Gasteiger partial charge in [0, 0.05) is 29.2 Å². The van der Waals surface area contributed by atoms with Crippen LogP contribution in [0.25, 0.3) is 0 Å². The first-order valence-electron chi connectivity index (χ1n) is 12.3. The number of nitrogens with zero attached hydrogens (tertiary/aromatic N) is 1. The number of benzene rings is 1. The summed E-state index contributed by atoms with van der Waals surface area (Å²) in [5.41, 5.74) is 3.13. The minimum atomic E-state index is -0.508. The van der Waals surface area contributed by atoms with Crippen LogP contribution in [0.1, 0.15) is 44.6 Å². The highest BCUT2D eigenvalue weighted by Gasteiger charge is 2.55.